The maximum absolute atomic E-state index is 11.2. The topological polar surface area (TPSA) is 55.6 Å². The van der Waals surface area contributed by atoms with Crippen LogP contribution < -0.4 is 5.73 Å². The molecule has 1 saturated heterocycles. The largest absolute Gasteiger partial charge is 0.376 e. The van der Waals surface area contributed by atoms with Crippen LogP contribution in [0.4, 0.5) is 0 Å². The smallest absolute Gasteiger partial charge is 0.210 e. The van der Waals surface area contributed by atoms with E-state index >= 15 is 0 Å². The number of hydrogen-bond acceptors (Lipinski definition) is 3. The fraction of sp³-hybridized carbons (Fsp3) is 0.632. The van der Waals surface area contributed by atoms with Gasteiger partial charge < -0.3 is 15.4 Å². The fourth-order valence-corrected chi connectivity index (χ4v) is 3.99. The first-order valence-electron chi connectivity index (χ1n) is 8.91. The van der Waals surface area contributed by atoms with E-state index < -0.39 is 0 Å². The van der Waals surface area contributed by atoms with Gasteiger partial charge in [0.15, 0.2) is 0 Å². The average molecular weight is 316 g/mol. The predicted molar refractivity (Wildman–Crippen MR) is 91.2 cm³/mol. The van der Waals surface area contributed by atoms with Crippen molar-refractivity contribution >= 4 is 6.41 Å². The van der Waals surface area contributed by atoms with Crippen LogP contribution in [-0.4, -0.2) is 42.6 Å². The third-order valence-corrected chi connectivity index (χ3v) is 5.46. The van der Waals surface area contributed by atoms with E-state index in [1.54, 1.807) is 0 Å². The second-order valence-electron chi connectivity index (χ2n) is 6.93. The number of piperidine rings is 1. The molecule has 0 radical (unpaired) electrons. The molecule has 4 nitrogen and oxygen atoms in total. The number of nitrogens with zero attached hydrogens (tertiary/aromatic N) is 1. The van der Waals surface area contributed by atoms with Gasteiger partial charge in [-0.2, -0.15) is 0 Å². The molecule has 1 amide bonds. The van der Waals surface area contributed by atoms with Gasteiger partial charge in [0.1, 0.15) is 0 Å². The zero-order chi connectivity index (χ0) is 16.1. The van der Waals surface area contributed by atoms with Crippen LogP contribution in [0.1, 0.15) is 50.0 Å². The Bertz CT molecular complexity index is 485. The summed E-state index contributed by atoms with van der Waals surface area (Å²) in [5, 5.41) is 0. The molecule has 1 saturated carbocycles. The van der Waals surface area contributed by atoms with Gasteiger partial charge in [-0.25, -0.2) is 0 Å². The molecule has 1 aromatic rings. The summed E-state index contributed by atoms with van der Waals surface area (Å²) in [4.78, 5) is 13.0. The van der Waals surface area contributed by atoms with E-state index in [4.69, 9.17) is 10.5 Å². The van der Waals surface area contributed by atoms with Gasteiger partial charge in [0.05, 0.1) is 18.8 Å². The van der Waals surface area contributed by atoms with Gasteiger partial charge in [0.2, 0.25) is 6.41 Å². The van der Waals surface area contributed by atoms with Crippen LogP contribution >= 0.6 is 0 Å². The SMILES string of the molecule is NC1CCCN(C=O)C1COC1CCC(c2ccccc2)CC1. The lowest BCUT2D eigenvalue weighted by atomic mass is 9.83. The number of likely N-dealkylation sites (tertiary alicyclic amines) is 1. The molecule has 126 valence electrons. The average Bonchev–Trinajstić information content (AvgIpc) is 2.61. The van der Waals surface area contributed by atoms with E-state index in [9.17, 15) is 4.79 Å². The summed E-state index contributed by atoms with van der Waals surface area (Å²) in [6.07, 6.45) is 7.80. The van der Waals surface area contributed by atoms with E-state index in [1.807, 2.05) is 4.90 Å². The van der Waals surface area contributed by atoms with Crippen molar-refractivity contribution in [1.29, 1.82) is 0 Å². The highest BCUT2D eigenvalue weighted by molar-refractivity contribution is 5.48. The Kier molecular flexibility index (Phi) is 5.68. The Balaban J connectivity index is 1.46. The number of amides is 1. The number of benzene rings is 1. The van der Waals surface area contributed by atoms with E-state index in [2.05, 4.69) is 30.3 Å². The van der Waals surface area contributed by atoms with Crippen LogP contribution in [-0.2, 0) is 9.53 Å². The molecule has 3 rings (SSSR count). The highest BCUT2D eigenvalue weighted by Crippen LogP contribution is 2.34. The normalized spacial score (nSPS) is 31.8. The van der Waals surface area contributed by atoms with Crippen molar-refractivity contribution in [3.05, 3.63) is 35.9 Å². The third kappa shape index (κ3) is 4.12. The first kappa shape index (κ1) is 16.5. The van der Waals surface area contributed by atoms with Crippen LogP contribution in [0.2, 0.25) is 0 Å². The molecule has 1 aromatic carbocycles. The number of hydrogen-bond donors (Lipinski definition) is 1. The van der Waals surface area contributed by atoms with Crippen LogP contribution in [0.15, 0.2) is 30.3 Å². The summed E-state index contributed by atoms with van der Waals surface area (Å²) in [7, 11) is 0. The first-order chi connectivity index (χ1) is 11.3. The molecule has 0 bridgehead atoms. The van der Waals surface area contributed by atoms with Crippen LogP contribution in [0.5, 0.6) is 0 Å². The standard InChI is InChI=1S/C19H28N2O2/c20-18-7-4-12-21(14-22)19(18)13-23-17-10-8-16(9-11-17)15-5-2-1-3-6-15/h1-3,5-6,14,16-19H,4,7-13,20H2. The highest BCUT2D eigenvalue weighted by Gasteiger charge is 2.30. The minimum atomic E-state index is 0.0492. The van der Waals surface area contributed by atoms with E-state index in [1.165, 1.54) is 18.4 Å². The quantitative estimate of drug-likeness (QED) is 0.850. The van der Waals surface area contributed by atoms with Gasteiger partial charge >= 0.3 is 0 Å². The minimum Gasteiger partial charge on any atom is -0.376 e. The molecule has 2 aliphatic rings. The summed E-state index contributed by atoms with van der Waals surface area (Å²) in [5.74, 6) is 0.666. The van der Waals surface area contributed by atoms with E-state index in [0.717, 1.165) is 38.6 Å². The minimum absolute atomic E-state index is 0.0492. The summed E-state index contributed by atoms with van der Waals surface area (Å²) in [5.41, 5.74) is 7.63. The zero-order valence-electron chi connectivity index (χ0n) is 13.8. The lowest BCUT2D eigenvalue weighted by molar-refractivity contribution is -0.124. The Morgan fingerprint density at radius 1 is 1.13 bits per heavy atom. The van der Waals surface area contributed by atoms with Gasteiger partial charge in [0.25, 0.3) is 0 Å². The zero-order valence-corrected chi connectivity index (χ0v) is 13.8. The molecule has 2 N–H and O–H groups in total. The molecule has 2 unspecified atom stereocenters. The second-order valence-corrected chi connectivity index (χ2v) is 6.93. The number of carbonyl (C=O) groups excluding carboxylic acids is 1. The molecular weight excluding hydrogens is 288 g/mol. The Hall–Kier alpha value is -1.39. The fourth-order valence-electron chi connectivity index (χ4n) is 3.99. The van der Waals surface area contributed by atoms with E-state index in [-0.39, 0.29) is 12.1 Å². The monoisotopic (exact) mass is 316 g/mol. The van der Waals surface area contributed by atoms with Crippen molar-refractivity contribution in [2.24, 2.45) is 5.73 Å². The molecule has 4 heteroatoms. The number of ether oxygens (including phenoxy) is 1. The molecule has 2 atom stereocenters. The Labute approximate surface area is 139 Å². The van der Waals surface area contributed by atoms with Crippen molar-refractivity contribution < 1.29 is 9.53 Å². The molecule has 1 aliphatic carbocycles. The van der Waals surface area contributed by atoms with Crippen molar-refractivity contribution in [2.45, 2.75) is 62.6 Å². The maximum atomic E-state index is 11.2. The summed E-state index contributed by atoms with van der Waals surface area (Å²) >= 11 is 0. The van der Waals surface area contributed by atoms with Gasteiger partial charge in [-0.1, -0.05) is 30.3 Å². The first-order valence-corrected chi connectivity index (χ1v) is 8.91. The number of rotatable bonds is 5. The molecule has 2 fully saturated rings. The predicted octanol–water partition coefficient (Wildman–Crippen LogP) is 2.68. The van der Waals surface area contributed by atoms with Crippen LogP contribution in [0, 0.1) is 0 Å². The number of nitrogens with two attached hydrogens (primary N) is 1. The van der Waals surface area contributed by atoms with Gasteiger partial charge in [-0.3, -0.25) is 4.79 Å². The van der Waals surface area contributed by atoms with E-state index in [0.29, 0.717) is 18.6 Å². The van der Waals surface area contributed by atoms with Crippen molar-refractivity contribution in [2.75, 3.05) is 13.2 Å². The molecule has 1 aliphatic heterocycles. The van der Waals surface area contributed by atoms with Gasteiger partial charge in [-0.15, -0.1) is 0 Å². The maximum Gasteiger partial charge on any atom is 0.210 e. The lowest BCUT2D eigenvalue weighted by Crippen LogP contribution is -2.54. The third-order valence-electron chi connectivity index (χ3n) is 5.46. The molecule has 23 heavy (non-hydrogen) atoms. The Morgan fingerprint density at radius 2 is 1.87 bits per heavy atom. The van der Waals surface area contributed by atoms with Crippen molar-refractivity contribution in [3.63, 3.8) is 0 Å². The molecular formula is C19H28N2O2. The van der Waals surface area contributed by atoms with Crippen LogP contribution in [0.25, 0.3) is 0 Å². The molecule has 0 aromatic heterocycles. The summed E-state index contributed by atoms with van der Waals surface area (Å²) in [6, 6.07) is 10.9. The van der Waals surface area contributed by atoms with Crippen molar-refractivity contribution in [3.8, 4) is 0 Å². The second kappa shape index (κ2) is 7.93. The van der Waals surface area contributed by atoms with Gasteiger partial charge in [0, 0.05) is 12.6 Å². The Morgan fingerprint density at radius 3 is 2.57 bits per heavy atom. The van der Waals surface area contributed by atoms with Gasteiger partial charge in [-0.05, 0) is 50.0 Å². The van der Waals surface area contributed by atoms with Crippen molar-refractivity contribution in [1.82, 2.24) is 4.90 Å². The van der Waals surface area contributed by atoms with Crippen LogP contribution in [0.3, 0.4) is 0 Å². The molecule has 1 heterocycles. The lowest BCUT2D eigenvalue weighted by Gasteiger charge is -2.38. The number of carbonyl (C=O) groups is 1. The highest BCUT2D eigenvalue weighted by atomic mass is 16.5. The summed E-state index contributed by atoms with van der Waals surface area (Å²) < 4.78 is 6.13. The summed E-state index contributed by atoms with van der Waals surface area (Å²) in [6.45, 7) is 1.40. The molecule has 0 spiro atoms.